The monoisotopic (exact) mass is 232 g/mol. The van der Waals surface area contributed by atoms with Gasteiger partial charge in [0, 0.05) is 17.7 Å². The molecule has 86 valence electrons. The molecule has 1 rings (SSSR count). The highest BCUT2D eigenvalue weighted by Gasteiger charge is 2.14. The van der Waals surface area contributed by atoms with E-state index in [2.05, 4.69) is 4.85 Å². The van der Waals surface area contributed by atoms with Gasteiger partial charge in [-0.1, -0.05) is 0 Å². The maximum Gasteiger partial charge on any atom is 0.270 e. The van der Waals surface area contributed by atoms with Crippen LogP contribution in [0.15, 0.2) is 30.0 Å². The lowest BCUT2D eigenvalue weighted by Crippen LogP contribution is -1.97. The van der Waals surface area contributed by atoms with Crippen LogP contribution in [0.4, 0.5) is 5.69 Å². The molecule has 0 saturated carbocycles. The first-order valence-electron chi connectivity index (χ1n) is 4.54. The molecule has 0 aromatic heterocycles. The van der Waals surface area contributed by atoms with Crippen molar-refractivity contribution in [1.29, 1.82) is 0 Å². The van der Waals surface area contributed by atoms with Crippen molar-refractivity contribution in [2.24, 2.45) is 0 Å². The highest BCUT2D eigenvalue weighted by molar-refractivity contribution is 6.01. The van der Waals surface area contributed by atoms with Gasteiger partial charge in [-0.2, -0.15) is 0 Å². The fourth-order valence-corrected chi connectivity index (χ4v) is 1.18. The van der Waals surface area contributed by atoms with Crippen LogP contribution < -0.4 is 0 Å². The van der Waals surface area contributed by atoms with Crippen molar-refractivity contribution in [1.82, 2.24) is 0 Å². The maximum atomic E-state index is 11.0. The molecule has 0 fully saturated rings. The Morgan fingerprint density at radius 2 is 1.94 bits per heavy atom. The van der Waals surface area contributed by atoms with E-state index in [-0.39, 0.29) is 16.9 Å². The molecule has 1 aromatic rings. The van der Waals surface area contributed by atoms with E-state index in [4.69, 9.17) is 6.57 Å². The molecule has 17 heavy (non-hydrogen) atoms. The number of non-ortho nitro benzene ring substituents is 1. The van der Waals surface area contributed by atoms with Crippen LogP contribution >= 0.6 is 0 Å². The Morgan fingerprint density at radius 1 is 1.41 bits per heavy atom. The van der Waals surface area contributed by atoms with Crippen molar-refractivity contribution in [3.63, 3.8) is 0 Å². The Morgan fingerprint density at radius 3 is 2.29 bits per heavy atom. The number of benzene rings is 1. The maximum absolute atomic E-state index is 11.0. The Kier molecular flexibility index (Phi) is 3.57. The van der Waals surface area contributed by atoms with Gasteiger partial charge >= 0.3 is 0 Å². The van der Waals surface area contributed by atoms with Crippen molar-refractivity contribution >= 4 is 17.2 Å². The Hall–Kier alpha value is -2.68. The van der Waals surface area contributed by atoms with Gasteiger partial charge in [-0.05, 0) is 19.1 Å². The molecule has 6 nitrogen and oxygen atoms in total. The van der Waals surface area contributed by atoms with Crippen molar-refractivity contribution < 1.29 is 14.8 Å². The van der Waals surface area contributed by atoms with Crippen LogP contribution in [0, 0.1) is 16.7 Å². The summed E-state index contributed by atoms with van der Waals surface area (Å²) in [6.45, 7) is 7.92. The van der Waals surface area contributed by atoms with Gasteiger partial charge in [0.2, 0.25) is 0 Å². The standard InChI is InChI=1S/C11H8N2O4/c1-7(14)10(12-2)11(15)8-3-5-9(6-4-8)13(16)17/h3-6,15H,1H3/b11-10+. The molecule has 0 aliphatic rings. The highest BCUT2D eigenvalue weighted by atomic mass is 16.6. The summed E-state index contributed by atoms with van der Waals surface area (Å²) in [7, 11) is 0. The average molecular weight is 232 g/mol. The number of ketones is 1. The number of allylic oxidation sites excluding steroid dienone is 1. The smallest absolute Gasteiger partial charge is 0.270 e. The number of Topliss-reactive ketones (excluding diaryl/α,β-unsaturated/α-hetero) is 1. The minimum absolute atomic E-state index is 0.131. The molecule has 1 aromatic carbocycles. The number of hydrogen-bond acceptors (Lipinski definition) is 4. The molecular formula is C11H8N2O4. The summed E-state index contributed by atoms with van der Waals surface area (Å²) in [6, 6.07) is 4.93. The largest absolute Gasteiger partial charge is 0.518 e. The average Bonchev–Trinajstić information content (AvgIpc) is 2.29. The predicted molar refractivity (Wildman–Crippen MR) is 59.9 cm³/mol. The van der Waals surface area contributed by atoms with Crippen LogP contribution in [0.3, 0.4) is 0 Å². The lowest BCUT2D eigenvalue weighted by atomic mass is 10.1. The number of nitro groups is 1. The van der Waals surface area contributed by atoms with Gasteiger partial charge in [-0.3, -0.25) is 10.1 Å². The summed E-state index contributed by atoms with van der Waals surface area (Å²) >= 11 is 0. The van der Waals surface area contributed by atoms with E-state index in [1.54, 1.807) is 0 Å². The van der Waals surface area contributed by atoms with E-state index >= 15 is 0 Å². The molecule has 6 heteroatoms. The minimum Gasteiger partial charge on any atom is -0.518 e. The van der Waals surface area contributed by atoms with E-state index in [0.717, 1.165) is 6.92 Å². The topological polar surface area (TPSA) is 84.8 Å². The van der Waals surface area contributed by atoms with Gasteiger partial charge in [0.25, 0.3) is 11.4 Å². The molecule has 0 amide bonds. The Labute approximate surface area is 96.8 Å². The molecule has 0 spiro atoms. The molecule has 0 saturated heterocycles. The number of nitrogens with zero attached hydrogens (tertiary/aromatic N) is 2. The van der Waals surface area contributed by atoms with Crippen LogP contribution in [-0.4, -0.2) is 15.8 Å². The van der Waals surface area contributed by atoms with Crippen molar-refractivity contribution in [3.05, 3.63) is 57.1 Å². The zero-order valence-electron chi connectivity index (χ0n) is 8.88. The van der Waals surface area contributed by atoms with Crippen molar-refractivity contribution in [2.45, 2.75) is 6.92 Å². The summed E-state index contributed by atoms with van der Waals surface area (Å²) in [5, 5.41) is 20.1. The van der Waals surface area contributed by atoms with Crippen LogP contribution in [0.5, 0.6) is 0 Å². The first kappa shape index (κ1) is 12.4. The zero-order chi connectivity index (χ0) is 13.0. The van der Waals surface area contributed by atoms with Gasteiger partial charge in [-0.25, -0.2) is 4.85 Å². The van der Waals surface area contributed by atoms with Gasteiger partial charge in [0.15, 0.2) is 5.78 Å². The highest BCUT2D eigenvalue weighted by Crippen LogP contribution is 2.20. The minimum atomic E-state index is -0.578. The summed E-state index contributed by atoms with van der Waals surface area (Å²) < 4.78 is 0. The number of aliphatic hydroxyl groups excluding tert-OH is 1. The van der Waals surface area contributed by atoms with Crippen LogP contribution in [0.2, 0.25) is 0 Å². The third kappa shape index (κ3) is 2.66. The zero-order valence-corrected chi connectivity index (χ0v) is 8.88. The SMILES string of the molecule is [C-]#[N+]/C(C(C)=O)=C(/O)c1ccc([N+](=O)[O-])cc1. The van der Waals surface area contributed by atoms with Crippen molar-refractivity contribution in [2.75, 3.05) is 0 Å². The van der Waals surface area contributed by atoms with E-state index < -0.39 is 16.5 Å². The summed E-state index contributed by atoms with van der Waals surface area (Å²) in [6.07, 6.45) is 0. The third-order valence-corrected chi connectivity index (χ3v) is 2.02. The molecule has 0 bridgehead atoms. The second-order valence-electron chi connectivity index (χ2n) is 3.17. The molecule has 0 aliphatic carbocycles. The molecule has 0 unspecified atom stereocenters. The number of aliphatic hydroxyl groups is 1. The second kappa shape index (κ2) is 4.90. The summed E-state index contributed by atoms with van der Waals surface area (Å²) in [4.78, 5) is 23.8. The van der Waals surface area contributed by atoms with Gasteiger partial charge < -0.3 is 9.90 Å². The van der Waals surface area contributed by atoms with Crippen LogP contribution in [0.25, 0.3) is 10.6 Å². The molecule has 0 atom stereocenters. The Bertz CT molecular complexity index is 538. The summed E-state index contributed by atoms with van der Waals surface area (Å²) in [5.41, 5.74) is -0.329. The first-order chi connectivity index (χ1) is 7.97. The van der Waals surface area contributed by atoms with E-state index in [9.17, 15) is 20.0 Å². The molecule has 0 heterocycles. The number of carbonyl (C=O) groups excluding carboxylic acids is 1. The van der Waals surface area contributed by atoms with Gasteiger partial charge in [0.1, 0.15) is 5.76 Å². The normalized spacial score (nSPS) is 11.3. The van der Waals surface area contributed by atoms with E-state index in [0.29, 0.717) is 0 Å². The fourth-order valence-electron chi connectivity index (χ4n) is 1.18. The quantitative estimate of drug-likeness (QED) is 0.285. The summed E-state index contributed by atoms with van der Waals surface area (Å²) in [5.74, 6) is -1.03. The molecule has 0 radical (unpaired) electrons. The Balaban J connectivity index is 3.22. The molecule has 0 aliphatic heterocycles. The lowest BCUT2D eigenvalue weighted by Gasteiger charge is -2.01. The van der Waals surface area contributed by atoms with Crippen LogP contribution in [0.1, 0.15) is 12.5 Å². The van der Waals surface area contributed by atoms with E-state index in [1.807, 2.05) is 0 Å². The fraction of sp³-hybridized carbons (Fsp3) is 0.0909. The van der Waals surface area contributed by atoms with Gasteiger partial charge in [0.05, 0.1) is 11.5 Å². The second-order valence-corrected chi connectivity index (χ2v) is 3.17. The predicted octanol–water partition coefficient (Wildman–Crippen LogP) is 2.33. The lowest BCUT2D eigenvalue weighted by molar-refractivity contribution is -0.384. The van der Waals surface area contributed by atoms with Crippen molar-refractivity contribution in [3.8, 4) is 0 Å². The van der Waals surface area contributed by atoms with Crippen LogP contribution in [-0.2, 0) is 4.79 Å². The first-order valence-corrected chi connectivity index (χ1v) is 4.54. The van der Waals surface area contributed by atoms with Gasteiger partial charge in [-0.15, -0.1) is 0 Å². The number of nitro benzene ring substituents is 1. The number of hydrogen-bond donors (Lipinski definition) is 1. The van der Waals surface area contributed by atoms with E-state index in [1.165, 1.54) is 24.3 Å². The third-order valence-electron chi connectivity index (χ3n) is 2.02. The molecular weight excluding hydrogens is 224 g/mol. The number of carbonyl (C=O) groups is 1. The number of rotatable bonds is 3. The molecule has 1 N–H and O–H groups in total.